The number of rotatable bonds is 12. The summed E-state index contributed by atoms with van der Waals surface area (Å²) in [4.78, 5) is 30.3. The van der Waals surface area contributed by atoms with Gasteiger partial charge < -0.3 is 10.2 Å². The molecule has 5 rings (SSSR count). The van der Waals surface area contributed by atoms with Gasteiger partial charge in [0.05, 0.1) is 10.6 Å². The topological polar surface area (TPSA) is 86.8 Å². The fraction of sp³-hybridized carbons (Fsp3) is 0.297. The molecule has 0 unspecified atom stereocenters. The van der Waals surface area contributed by atoms with Gasteiger partial charge in [0.1, 0.15) is 12.6 Å². The van der Waals surface area contributed by atoms with Gasteiger partial charge >= 0.3 is 0 Å². The summed E-state index contributed by atoms with van der Waals surface area (Å²) in [6.07, 6.45) is 4.18. The Morgan fingerprint density at radius 3 is 2.11 bits per heavy atom. The molecule has 0 spiro atoms. The Labute approximate surface area is 277 Å². The van der Waals surface area contributed by atoms with Crippen LogP contribution in [0.2, 0.25) is 5.02 Å². The molecule has 7 nitrogen and oxygen atoms in total. The van der Waals surface area contributed by atoms with E-state index < -0.39 is 28.5 Å². The third-order valence-corrected chi connectivity index (χ3v) is 10.5. The number of amides is 2. The van der Waals surface area contributed by atoms with Crippen LogP contribution < -0.4 is 9.62 Å². The number of carbonyl (C=O) groups excluding carboxylic acids is 2. The van der Waals surface area contributed by atoms with Gasteiger partial charge in [-0.15, -0.1) is 0 Å². The first-order valence-electron chi connectivity index (χ1n) is 15.6. The fourth-order valence-electron chi connectivity index (χ4n) is 5.90. The maximum absolute atomic E-state index is 14.6. The maximum Gasteiger partial charge on any atom is 0.264 e. The summed E-state index contributed by atoms with van der Waals surface area (Å²) in [5.74, 6) is -0.719. The second-order valence-corrected chi connectivity index (χ2v) is 14.3. The molecule has 0 aliphatic heterocycles. The normalized spacial score (nSPS) is 14.1. The average Bonchev–Trinajstić information content (AvgIpc) is 3.56. The van der Waals surface area contributed by atoms with Gasteiger partial charge in [-0.05, 0) is 73.7 Å². The van der Waals surface area contributed by atoms with Crippen molar-refractivity contribution in [2.75, 3.05) is 10.8 Å². The highest BCUT2D eigenvalue weighted by atomic mass is 35.5. The molecular weight excluding hydrogens is 618 g/mol. The molecule has 4 aromatic rings. The molecule has 0 saturated heterocycles. The summed E-state index contributed by atoms with van der Waals surface area (Å²) in [6, 6.07) is 29.6. The van der Waals surface area contributed by atoms with E-state index in [0.29, 0.717) is 16.3 Å². The van der Waals surface area contributed by atoms with Crippen molar-refractivity contribution in [1.82, 2.24) is 10.2 Å². The summed E-state index contributed by atoms with van der Waals surface area (Å²) in [6.45, 7) is 3.43. The van der Waals surface area contributed by atoms with E-state index in [2.05, 4.69) is 5.32 Å². The Hall–Kier alpha value is -4.14. The number of nitrogens with one attached hydrogen (secondary N) is 1. The molecule has 0 heterocycles. The monoisotopic (exact) mass is 657 g/mol. The average molecular weight is 658 g/mol. The van der Waals surface area contributed by atoms with E-state index in [0.717, 1.165) is 46.7 Å². The number of aryl methyl sites for hydroxylation is 2. The highest BCUT2D eigenvalue weighted by Gasteiger charge is 2.36. The molecule has 4 aromatic carbocycles. The smallest absolute Gasteiger partial charge is 0.264 e. The van der Waals surface area contributed by atoms with Crippen molar-refractivity contribution in [3.05, 3.63) is 130 Å². The van der Waals surface area contributed by atoms with Crippen molar-refractivity contribution in [2.24, 2.45) is 0 Å². The molecule has 1 aliphatic carbocycles. The first kappa shape index (κ1) is 33.2. The van der Waals surface area contributed by atoms with Crippen LogP contribution in [-0.2, 0) is 32.6 Å². The third kappa shape index (κ3) is 8.17. The van der Waals surface area contributed by atoms with Crippen molar-refractivity contribution in [2.45, 2.75) is 69.5 Å². The SMILES string of the molecule is Cc1ccc(CN(C(=O)CN(c2ccccc2C)S(=O)(=O)c2ccc(Cl)cc2)[C@H](Cc2ccccc2)C(=O)NC2CCCC2)cc1. The van der Waals surface area contributed by atoms with E-state index in [1.54, 1.807) is 17.0 Å². The summed E-state index contributed by atoms with van der Waals surface area (Å²) in [5.41, 5.74) is 3.89. The molecule has 0 aromatic heterocycles. The van der Waals surface area contributed by atoms with E-state index in [-0.39, 0.29) is 29.8 Å². The number of hydrogen-bond acceptors (Lipinski definition) is 4. The van der Waals surface area contributed by atoms with Gasteiger partial charge in [-0.2, -0.15) is 0 Å². The van der Waals surface area contributed by atoms with Gasteiger partial charge in [0.15, 0.2) is 0 Å². The van der Waals surface area contributed by atoms with Crippen LogP contribution in [0.15, 0.2) is 108 Å². The molecule has 1 aliphatic rings. The fourth-order valence-corrected chi connectivity index (χ4v) is 7.51. The highest BCUT2D eigenvalue weighted by Crippen LogP contribution is 2.28. The van der Waals surface area contributed by atoms with Crippen LogP contribution >= 0.6 is 11.6 Å². The van der Waals surface area contributed by atoms with Crippen LogP contribution in [0.25, 0.3) is 0 Å². The Balaban J connectivity index is 1.57. The Morgan fingerprint density at radius 2 is 1.46 bits per heavy atom. The number of carbonyl (C=O) groups is 2. The summed E-state index contributed by atoms with van der Waals surface area (Å²) in [5, 5.41) is 3.61. The summed E-state index contributed by atoms with van der Waals surface area (Å²) < 4.78 is 29.6. The number of benzene rings is 4. The Kier molecular flexibility index (Phi) is 10.8. The largest absolute Gasteiger partial charge is 0.352 e. The standard InChI is InChI=1S/C37H40ClN3O4S/c1-27-16-18-30(19-17-27)25-40(35(24-29-11-4-3-5-12-29)37(43)39-32-13-7-8-14-32)36(42)26-41(34-15-9-6-10-28(34)2)46(44,45)33-22-20-31(38)21-23-33/h3-6,9-12,15-23,32,35H,7-8,13-14,24-26H2,1-2H3,(H,39,43)/t35-/m1/s1. The molecule has 1 saturated carbocycles. The number of anilines is 1. The first-order valence-corrected chi connectivity index (χ1v) is 17.5. The summed E-state index contributed by atoms with van der Waals surface area (Å²) >= 11 is 6.08. The van der Waals surface area contributed by atoms with Crippen LogP contribution in [-0.4, -0.2) is 43.8 Å². The lowest BCUT2D eigenvalue weighted by Gasteiger charge is -2.34. The van der Waals surface area contributed by atoms with Crippen LogP contribution in [0.4, 0.5) is 5.69 Å². The second-order valence-electron chi connectivity index (χ2n) is 12.0. The lowest BCUT2D eigenvalue weighted by Crippen LogP contribution is -2.54. The van der Waals surface area contributed by atoms with E-state index in [4.69, 9.17) is 11.6 Å². The number of halogens is 1. The van der Waals surface area contributed by atoms with Crippen molar-refractivity contribution in [3.63, 3.8) is 0 Å². The van der Waals surface area contributed by atoms with Crippen LogP contribution in [0, 0.1) is 13.8 Å². The zero-order valence-corrected chi connectivity index (χ0v) is 27.8. The quantitative estimate of drug-likeness (QED) is 0.181. The Bertz CT molecular complexity index is 1740. The molecule has 0 bridgehead atoms. The van der Waals surface area contributed by atoms with Crippen LogP contribution in [0.3, 0.4) is 0 Å². The van der Waals surface area contributed by atoms with Gasteiger partial charge in [-0.25, -0.2) is 8.42 Å². The molecule has 1 atom stereocenters. The van der Waals surface area contributed by atoms with Crippen molar-refractivity contribution in [3.8, 4) is 0 Å². The zero-order valence-electron chi connectivity index (χ0n) is 26.2. The summed E-state index contributed by atoms with van der Waals surface area (Å²) in [7, 11) is -4.20. The van der Waals surface area contributed by atoms with Crippen molar-refractivity contribution >= 4 is 39.1 Å². The van der Waals surface area contributed by atoms with Gasteiger partial charge in [0.25, 0.3) is 10.0 Å². The minimum Gasteiger partial charge on any atom is -0.352 e. The second kappa shape index (κ2) is 15.0. The third-order valence-electron chi connectivity index (χ3n) is 8.51. The highest BCUT2D eigenvalue weighted by molar-refractivity contribution is 7.92. The molecular formula is C37H40ClN3O4S. The zero-order chi connectivity index (χ0) is 32.7. The number of nitrogens with zero attached hydrogens (tertiary/aromatic N) is 2. The van der Waals surface area contributed by atoms with Crippen molar-refractivity contribution in [1.29, 1.82) is 0 Å². The van der Waals surface area contributed by atoms with Gasteiger partial charge in [-0.3, -0.25) is 13.9 Å². The minimum absolute atomic E-state index is 0.0119. The molecule has 240 valence electrons. The van der Waals surface area contributed by atoms with Crippen molar-refractivity contribution < 1.29 is 18.0 Å². The molecule has 1 N–H and O–H groups in total. The molecule has 46 heavy (non-hydrogen) atoms. The van der Waals surface area contributed by atoms with E-state index >= 15 is 0 Å². The van der Waals surface area contributed by atoms with E-state index in [1.165, 1.54) is 24.3 Å². The Morgan fingerprint density at radius 1 is 0.826 bits per heavy atom. The molecule has 1 fully saturated rings. The predicted molar refractivity (Wildman–Crippen MR) is 183 cm³/mol. The molecule has 9 heteroatoms. The number of hydrogen-bond donors (Lipinski definition) is 1. The minimum atomic E-state index is -4.20. The van der Waals surface area contributed by atoms with Crippen LogP contribution in [0.5, 0.6) is 0 Å². The first-order chi connectivity index (χ1) is 22.1. The van der Waals surface area contributed by atoms with Gasteiger partial charge in [0, 0.05) is 24.0 Å². The predicted octanol–water partition coefficient (Wildman–Crippen LogP) is 6.85. The number of para-hydroxylation sites is 1. The van der Waals surface area contributed by atoms with E-state index in [9.17, 15) is 18.0 Å². The molecule has 0 radical (unpaired) electrons. The van der Waals surface area contributed by atoms with Gasteiger partial charge in [0.2, 0.25) is 11.8 Å². The lowest BCUT2D eigenvalue weighted by atomic mass is 10.0. The maximum atomic E-state index is 14.6. The number of sulfonamides is 1. The van der Waals surface area contributed by atoms with E-state index in [1.807, 2.05) is 80.6 Å². The lowest BCUT2D eigenvalue weighted by molar-refractivity contribution is -0.140. The van der Waals surface area contributed by atoms with Crippen LogP contribution in [0.1, 0.15) is 47.9 Å². The molecule has 2 amide bonds. The van der Waals surface area contributed by atoms with Gasteiger partial charge in [-0.1, -0.05) is 103 Å².